The zero-order valence-electron chi connectivity index (χ0n) is 35.9. The molecule has 2 aromatic carbocycles. The summed E-state index contributed by atoms with van der Waals surface area (Å²) in [7, 11) is 0. The monoisotopic (exact) mass is 883 g/mol. The molecule has 0 spiro atoms. The number of imide groups is 1. The number of aromatic nitrogens is 3. The first kappa shape index (κ1) is 45.4. The summed E-state index contributed by atoms with van der Waals surface area (Å²) in [5.74, 6) is 0.691. The Bertz CT molecular complexity index is 2310. The highest BCUT2D eigenvalue weighted by Gasteiger charge is 2.39. The number of hydroxylamine groups is 2. The minimum Gasteiger partial charge on any atom is -0.483 e. The number of carbonyl (C=O) groups is 5. The third kappa shape index (κ3) is 11.5. The van der Waals surface area contributed by atoms with Crippen molar-refractivity contribution in [3.05, 3.63) is 77.1 Å². The number of nitrogens with one attached hydrogen (secondary N) is 5. The number of amides is 5. The lowest BCUT2D eigenvalue weighted by Crippen LogP contribution is -2.55. The topological polar surface area (TPSA) is 239 Å². The van der Waals surface area contributed by atoms with E-state index in [0.717, 1.165) is 50.5 Å². The summed E-state index contributed by atoms with van der Waals surface area (Å²) in [5, 5.41) is 19.5. The summed E-state index contributed by atoms with van der Waals surface area (Å²) in [4.78, 5) is 72.5. The highest BCUT2D eigenvalue weighted by Crippen LogP contribution is 2.34. The van der Waals surface area contributed by atoms with Gasteiger partial charge in [-0.1, -0.05) is 35.5 Å². The number of nitrogens with zero attached hydrogens (tertiary/aromatic N) is 4. The SMILES string of the molecule is Cc1noc(C)c1-c1ccc(-c2nc3n(c2NCC(=O)NCCCOCCOCCOCCCNC(=O)COc2cccc4c2CON(C2CCC(=O)NC2=O)C4=O)C=CNC3)cc1. The van der Waals surface area contributed by atoms with Gasteiger partial charge in [-0.2, -0.15) is 0 Å². The molecule has 0 bridgehead atoms. The van der Waals surface area contributed by atoms with Gasteiger partial charge in [-0.05, 0) is 50.8 Å². The van der Waals surface area contributed by atoms with Gasteiger partial charge in [-0.3, -0.25) is 38.7 Å². The molecule has 3 aliphatic rings. The normalized spacial score (nSPS) is 15.6. The number of benzene rings is 2. The number of carbonyl (C=O) groups excluding carboxylic acids is 5. The Morgan fingerprint density at radius 2 is 1.59 bits per heavy atom. The van der Waals surface area contributed by atoms with Gasteiger partial charge in [0.25, 0.3) is 17.7 Å². The van der Waals surface area contributed by atoms with E-state index in [9.17, 15) is 24.0 Å². The summed E-state index contributed by atoms with van der Waals surface area (Å²) in [5.41, 5.74) is 5.26. The van der Waals surface area contributed by atoms with E-state index in [1.54, 1.807) is 18.2 Å². The highest BCUT2D eigenvalue weighted by atomic mass is 16.7. The molecule has 0 radical (unpaired) electrons. The van der Waals surface area contributed by atoms with E-state index in [4.69, 9.17) is 33.3 Å². The lowest BCUT2D eigenvalue weighted by molar-refractivity contribution is -0.179. The van der Waals surface area contributed by atoms with Crippen LogP contribution in [0, 0.1) is 13.8 Å². The first-order chi connectivity index (χ1) is 31.2. The van der Waals surface area contributed by atoms with Crippen LogP contribution in [0.15, 0.2) is 53.2 Å². The number of rotatable bonds is 23. The molecule has 7 rings (SSSR count). The fourth-order valence-electron chi connectivity index (χ4n) is 7.37. The quantitative estimate of drug-likeness (QED) is 0.0532. The maximum Gasteiger partial charge on any atom is 0.278 e. The molecule has 5 heterocycles. The number of piperidine rings is 1. The third-order valence-electron chi connectivity index (χ3n) is 10.6. The van der Waals surface area contributed by atoms with Gasteiger partial charge in [0, 0.05) is 61.8 Å². The minimum atomic E-state index is -0.906. The Morgan fingerprint density at radius 1 is 0.891 bits per heavy atom. The van der Waals surface area contributed by atoms with Crippen LogP contribution < -0.4 is 31.3 Å². The van der Waals surface area contributed by atoms with Gasteiger partial charge in [0.05, 0.1) is 50.8 Å². The lowest BCUT2D eigenvalue weighted by Gasteiger charge is -2.35. The second-order valence-electron chi connectivity index (χ2n) is 15.1. The van der Waals surface area contributed by atoms with Crippen LogP contribution in [-0.2, 0) is 51.4 Å². The number of anilines is 1. The van der Waals surface area contributed by atoms with Crippen molar-refractivity contribution in [3.63, 3.8) is 0 Å². The molecule has 64 heavy (non-hydrogen) atoms. The predicted octanol–water partition coefficient (Wildman–Crippen LogP) is 2.60. The molecule has 2 aromatic heterocycles. The third-order valence-corrected chi connectivity index (χ3v) is 10.6. The zero-order chi connectivity index (χ0) is 44.8. The number of ether oxygens (including phenoxy) is 4. The van der Waals surface area contributed by atoms with Crippen LogP contribution in [0.4, 0.5) is 5.82 Å². The summed E-state index contributed by atoms with van der Waals surface area (Å²) in [6, 6.07) is 12.0. The number of fused-ring (bicyclic) bond motifs is 2. The highest BCUT2D eigenvalue weighted by molar-refractivity contribution is 6.04. The van der Waals surface area contributed by atoms with Crippen molar-refractivity contribution in [2.75, 3.05) is 71.2 Å². The number of hydrogen-bond acceptors (Lipinski definition) is 15. The van der Waals surface area contributed by atoms with Crippen LogP contribution in [0.3, 0.4) is 0 Å². The van der Waals surface area contributed by atoms with E-state index < -0.39 is 17.9 Å². The maximum absolute atomic E-state index is 13.1. The summed E-state index contributed by atoms with van der Waals surface area (Å²) < 4.78 is 29.8. The van der Waals surface area contributed by atoms with Crippen molar-refractivity contribution in [2.45, 2.75) is 58.7 Å². The molecule has 0 aliphatic carbocycles. The summed E-state index contributed by atoms with van der Waals surface area (Å²) >= 11 is 0. The Labute approximate surface area is 369 Å². The average Bonchev–Trinajstić information content (AvgIpc) is 3.84. The van der Waals surface area contributed by atoms with E-state index >= 15 is 0 Å². The van der Waals surface area contributed by atoms with E-state index in [2.05, 4.69) is 31.7 Å². The van der Waals surface area contributed by atoms with Gasteiger partial charge < -0.3 is 44.7 Å². The molecular formula is C44H53N9O11. The van der Waals surface area contributed by atoms with Crippen molar-refractivity contribution >= 4 is 41.6 Å². The molecule has 5 amide bonds. The molecule has 3 aliphatic heterocycles. The van der Waals surface area contributed by atoms with Crippen LogP contribution in [0.5, 0.6) is 5.75 Å². The first-order valence-electron chi connectivity index (χ1n) is 21.3. The lowest BCUT2D eigenvalue weighted by atomic mass is 10.0. The molecule has 1 saturated heterocycles. The van der Waals surface area contributed by atoms with Crippen LogP contribution in [-0.4, -0.2) is 121 Å². The fraction of sp³-hybridized carbons (Fsp3) is 0.432. The largest absolute Gasteiger partial charge is 0.483 e. The molecule has 1 atom stereocenters. The van der Waals surface area contributed by atoms with Crippen molar-refractivity contribution in [1.29, 1.82) is 0 Å². The number of hydrogen-bond donors (Lipinski definition) is 5. The van der Waals surface area contributed by atoms with Crippen molar-refractivity contribution < 1.29 is 52.3 Å². The fourth-order valence-corrected chi connectivity index (χ4v) is 7.37. The molecule has 20 heteroatoms. The van der Waals surface area contributed by atoms with E-state index in [0.29, 0.717) is 89.0 Å². The molecule has 4 aromatic rings. The Morgan fingerprint density at radius 3 is 2.30 bits per heavy atom. The zero-order valence-corrected chi connectivity index (χ0v) is 35.9. The van der Waals surface area contributed by atoms with Crippen molar-refractivity contribution in [2.24, 2.45) is 0 Å². The van der Waals surface area contributed by atoms with E-state index in [1.807, 2.05) is 55.1 Å². The predicted molar refractivity (Wildman–Crippen MR) is 230 cm³/mol. The van der Waals surface area contributed by atoms with E-state index in [-0.39, 0.29) is 50.3 Å². The number of aryl methyl sites for hydroxylation is 2. The van der Waals surface area contributed by atoms with Crippen LogP contribution in [0.1, 0.15) is 58.9 Å². The second kappa shape index (κ2) is 22.1. The van der Waals surface area contributed by atoms with Crippen LogP contribution >= 0.6 is 0 Å². The summed E-state index contributed by atoms with van der Waals surface area (Å²) in [6.07, 6.45) is 5.25. The Hall–Kier alpha value is -6.61. The van der Waals surface area contributed by atoms with Gasteiger partial charge >= 0.3 is 0 Å². The molecular weight excluding hydrogens is 831 g/mol. The molecule has 1 fully saturated rings. The molecule has 20 nitrogen and oxygen atoms in total. The molecule has 340 valence electrons. The Balaban J connectivity index is 0.694. The molecule has 5 N–H and O–H groups in total. The van der Waals surface area contributed by atoms with Crippen molar-refractivity contribution in [3.8, 4) is 28.1 Å². The smallest absolute Gasteiger partial charge is 0.278 e. The number of imidazole rings is 1. The van der Waals surface area contributed by atoms with E-state index in [1.165, 1.54) is 0 Å². The van der Waals surface area contributed by atoms with Gasteiger partial charge in [0.2, 0.25) is 11.8 Å². The van der Waals surface area contributed by atoms with Gasteiger partial charge in [0.1, 0.15) is 41.5 Å². The minimum absolute atomic E-state index is 0.0376. The second-order valence-corrected chi connectivity index (χ2v) is 15.1. The maximum atomic E-state index is 13.1. The molecule has 1 unspecified atom stereocenters. The average molecular weight is 884 g/mol. The standard InChI is InChI=1S/C44H53N9O11/c1-28-40(29(2)64-51-28)30-8-10-31(11-9-30)41-42(52-17-16-45-24-36(52)49-41)48-25-38(55)46-14-4-18-59-20-22-61-23-21-60-19-5-15-47-39(56)27-62-35-7-3-6-32-33(35)26-63-53(44(32)58)34-12-13-37(54)50-43(34)57/h3,6-11,16-17,34,45,48H,4-5,12-15,18-27H2,1-2H3,(H,46,55)(H,47,56)(H,50,54,57). The summed E-state index contributed by atoms with van der Waals surface area (Å²) in [6.45, 7) is 7.51. The van der Waals surface area contributed by atoms with Crippen LogP contribution in [0.2, 0.25) is 0 Å². The Kier molecular flexibility index (Phi) is 15.7. The van der Waals surface area contributed by atoms with Crippen molar-refractivity contribution in [1.82, 2.24) is 41.0 Å². The van der Waals surface area contributed by atoms with Gasteiger partial charge in [-0.25, -0.2) is 10.0 Å². The van der Waals surface area contributed by atoms with Crippen LogP contribution in [0.25, 0.3) is 28.6 Å². The first-order valence-corrected chi connectivity index (χ1v) is 21.3. The van der Waals surface area contributed by atoms with Gasteiger partial charge in [0.15, 0.2) is 6.61 Å². The molecule has 0 saturated carbocycles. The van der Waals surface area contributed by atoms with Gasteiger partial charge in [-0.15, -0.1) is 0 Å².